The van der Waals surface area contributed by atoms with E-state index in [2.05, 4.69) is 20.7 Å². The summed E-state index contributed by atoms with van der Waals surface area (Å²) in [4.78, 5) is 0.0769. The van der Waals surface area contributed by atoms with Crippen LogP contribution in [0, 0.1) is 11.7 Å². The molecule has 0 spiro atoms. The van der Waals surface area contributed by atoms with Gasteiger partial charge in [-0.15, -0.1) is 0 Å². The van der Waals surface area contributed by atoms with E-state index >= 15 is 0 Å². The van der Waals surface area contributed by atoms with Crippen LogP contribution in [-0.2, 0) is 10.0 Å². The molecular formula is C10H11BrFNO2S. The number of halogens is 2. The summed E-state index contributed by atoms with van der Waals surface area (Å²) in [6.45, 7) is 1.98. The molecule has 16 heavy (non-hydrogen) atoms. The fourth-order valence-corrected chi connectivity index (χ4v) is 3.85. The van der Waals surface area contributed by atoms with Gasteiger partial charge in [-0.25, -0.2) is 17.5 Å². The van der Waals surface area contributed by atoms with E-state index in [9.17, 15) is 12.8 Å². The lowest BCUT2D eigenvalue weighted by Gasteiger charge is -2.07. The van der Waals surface area contributed by atoms with Gasteiger partial charge >= 0.3 is 0 Å². The SMILES string of the molecule is CC1CC1NS(=O)(=O)c1ccc(F)cc1Br. The number of nitrogens with one attached hydrogen (secondary N) is 1. The number of benzene rings is 1. The average molecular weight is 308 g/mol. The lowest BCUT2D eigenvalue weighted by Crippen LogP contribution is -2.27. The molecule has 1 N–H and O–H groups in total. The highest BCUT2D eigenvalue weighted by Crippen LogP contribution is 2.32. The Labute approximate surface area is 102 Å². The van der Waals surface area contributed by atoms with Gasteiger partial charge in [0.05, 0.1) is 4.90 Å². The van der Waals surface area contributed by atoms with Crippen molar-refractivity contribution in [1.29, 1.82) is 0 Å². The molecule has 1 aromatic carbocycles. The molecule has 0 radical (unpaired) electrons. The smallest absolute Gasteiger partial charge is 0.208 e. The second-order valence-electron chi connectivity index (χ2n) is 4.02. The Bertz CT molecular complexity index is 518. The highest BCUT2D eigenvalue weighted by atomic mass is 79.9. The van der Waals surface area contributed by atoms with Gasteiger partial charge in [-0.05, 0) is 46.5 Å². The first-order chi connectivity index (χ1) is 7.40. The van der Waals surface area contributed by atoms with Crippen LogP contribution < -0.4 is 4.72 Å². The Morgan fingerprint density at radius 2 is 2.12 bits per heavy atom. The molecule has 1 aromatic rings. The molecule has 0 saturated heterocycles. The van der Waals surface area contributed by atoms with Crippen LogP contribution in [0.25, 0.3) is 0 Å². The second-order valence-corrected chi connectivity index (χ2v) is 6.55. The first kappa shape index (κ1) is 12.0. The number of sulfonamides is 1. The van der Waals surface area contributed by atoms with E-state index in [4.69, 9.17) is 0 Å². The first-order valence-electron chi connectivity index (χ1n) is 4.87. The summed E-state index contributed by atoms with van der Waals surface area (Å²) in [5.74, 6) is -0.0837. The van der Waals surface area contributed by atoms with Crippen molar-refractivity contribution in [1.82, 2.24) is 4.72 Å². The zero-order valence-electron chi connectivity index (χ0n) is 8.57. The predicted molar refractivity (Wildman–Crippen MR) is 62.0 cm³/mol. The highest BCUT2D eigenvalue weighted by Gasteiger charge is 2.36. The van der Waals surface area contributed by atoms with Crippen LogP contribution in [0.4, 0.5) is 4.39 Å². The maximum absolute atomic E-state index is 12.8. The lowest BCUT2D eigenvalue weighted by molar-refractivity contribution is 0.576. The molecule has 88 valence electrons. The molecule has 0 aromatic heterocycles. The molecule has 2 rings (SSSR count). The van der Waals surface area contributed by atoms with Crippen molar-refractivity contribution in [2.45, 2.75) is 24.3 Å². The third-order valence-corrected chi connectivity index (χ3v) is 5.07. The quantitative estimate of drug-likeness (QED) is 0.931. The van der Waals surface area contributed by atoms with Crippen molar-refractivity contribution in [3.8, 4) is 0 Å². The first-order valence-corrected chi connectivity index (χ1v) is 7.15. The molecule has 2 atom stereocenters. The zero-order chi connectivity index (χ0) is 11.9. The van der Waals surface area contributed by atoms with Crippen molar-refractivity contribution in [3.63, 3.8) is 0 Å². The molecule has 6 heteroatoms. The molecule has 0 aliphatic heterocycles. The van der Waals surface area contributed by atoms with E-state index in [1.54, 1.807) is 0 Å². The lowest BCUT2D eigenvalue weighted by atomic mass is 10.3. The van der Waals surface area contributed by atoms with Crippen LogP contribution in [0.2, 0.25) is 0 Å². The van der Waals surface area contributed by atoms with Gasteiger partial charge in [-0.1, -0.05) is 6.92 Å². The summed E-state index contributed by atoms with van der Waals surface area (Å²) < 4.78 is 39.4. The van der Waals surface area contributed by atoms with Crippen LogP contribution in [0.5, 0.6) is 0 Å². The molecule has 2 unspecified atom stereocenters. The van der Waals surface area contributed by atoms with E-state index in [0.29, 0.717) is 5.92 Å². The fourth-order valence-electron chi connectivity index (χ4n) is 1.44. The summed E-state index contributed by atoms with van der Waals surface area (Å²) in [5, 5.41) is 0. The van der Waals surface area contributed by atoms with Gasteiger partial charge < -0.3 is 0 Å². The van der Waals surface area contributed by atoms with E-state index < -0.39 is 15.8 Å². The van der Waals surface area contributed by atoms with E-state index in [0.717, 1.165) is 18.6 Å². The number of rotatable bonds is 3. The Morgan fingerprint density at radius 1 is 1.50 bits per heavy atom. The summed E-state index contributed by atoms with van der Waals surface area (Å²) in [6, 6.07) is 3.55. The molecule has 0 amide bonds. The van der Waals surface area contributed by atoms with Gasteiger partial charge in [0.15, 0.2) is 0 Å². The predicted octanol–water partition coefficient (Wildman–Crippen LogP) is 2.27. The topological polar surface area (TPSA) is 46.2 Å². The van der Waals surface area contributed by atoms with E-state index in [1.807, 2.05) is 6.92 Å². The van der Waals surface area contributed by atoms with Gasteiger partial charge in [0.25, 0.3) is 0 Å². The minimum atomic E-state index is -3.54. The van der Waals surface area contributed by atoms with Crippen molar-refractivity contribution in [2.75, 3.05) is 0 Å². The highest BCUT2D eigenvalue weighted by molar-refractivity contribution is 9.10. The largest absolute Gasteiger partial charge is 0.241 e. The van der Waals surface area contributed by atoms with Crippen LogP contribution in [-0.4, -0.2) is 14.5 Å². The molecular weight excluding hydrogens is 297 g/mol. The zero-order valence-corrected chi connectivity index (χ0v) is 11.0. The summed E-state index contributed by atoms with van der Waals surface area (Å²) in [5.41, 5.74) is 0. The molecule has 3 nitrogen and oxygen atoms in total. The monoisotopic (exact) mass is 307 g/mol. The van der Waals surface area contributed by atoms with Crippen molar-refractivity contribution >= 4 is 26.0 Å². The summed E-state index contributed by atoms with van der Waals surface area (Å²) in [6.07, 6.45) is 0.859. The molecule has 0 heterocycles. The van der Waals surface area contributed by atoms with Crippen molar-refractivity contribution < 1.29 is 12.8 Å². The Kier molecular flexibility index (Phi) is 3.07. The summed E-state index contributed by atoms with van der Waals surface area (Å²) >= 11 is 3.05. The normalized spacial score (nSPS) is 24.4. The molecule has 1 aliphatic carbocycles. The standard InChI is InChI=1S/C10H11BrFNO2S/c1-6-4-9(6)13-16(14,15)10-3-2-7(12)5-8(10)11/h2-3,5-6,9,13H,4H2,1H3. The van der Waals surface area contributed by atoms with E-state index in [-0.39, 0.29) is 15.4 Å². The number of hydrogen-bond donors (Lipinski definition) is 1. The summed E-state index contributed by atoms with van der Waals surface area (Å²) in [7, 11) is -3.54. The third-order valence-electron chi connectivity index (χ3n) is 2.60. The van der Waals surface area contributed by atoms with Crippen molar-refractivity contribution in [3.05, 3.63) is 28.5 Å². The van der Waals surface area contributed by atoms with Gasteiger partial charge in [0, 0.05) is 10.5 Å². The number of hydrogen-bond acceptors (Lipinski definition) is 2. The van der Waals surface area contributed by atoms with Crippen LogP contribution in [0.3, 0.4) is 0 Å². The molecule has 1 fully saturated rings. The Balaban J connectivity index is 2.28. The van der Waals surface area contributed by atoms with Gasteiger partial charge in [0.1, 0.15) is 5.82 Å². The molecule has 0 bridgehead atoms. The second kappa shape index (κ2) is 4.09. The maximum Gasteiger partial charge on any atom is 0.241 e. The van der Waals surface area contributed by atoms with E-state index in [1.165, 1.54) is 6.07 Å². The Morgan fingerprint density at radius 3 is 2.62 bits per heavy atom. The van der Waals surface area contributed by atoms with Crippen LogP contribution in [0.15, 0.2) is 27.6 Å². The van der Waals surface area contributed by atoms with Gasteiger partial charge in [-0.2, -0.15) is 0 Å². The van der Waals surface area contributed by atoms with Crippen molar-refractivity contribution in [2.24, 2.45) is 5.92 Å². The minimum absolute atomic E-state index is 0.0157. The van der Waals surface area contributed by atoms with Crippen LogP contribution in [0.1, 0.15) is 13.3 Å². The fraction of sp³-hybridized carbons (Fsp3) is 0.400. The van der Waals surface area contributed by atoms with Gasteiger partial charge in [0.2, 0.25) is 10.0 Å². The Hall–Kier alpha value is -0.460. The third kappa shape index (κ3) is 2.44. The molecule has 1 saturated carbocycles. The minimum Gasteiger partial charge on any atom is -0.208 e. The van der Waals surface area contributed by atoms with Gasteiger partial charge in [-0.3, -0.25) is 0 Å². The van der Waals surface area contributed by atoms with Crippen LogP contribution >= 0.6 is 15.9 Å². The molecule has 1 aliphatic rings. The average Bonchev–Trinajstić information content (AvgIpc) is 2.79. The maximum atomic E-state index is 12.8.